The number of hydrogen-bond donors (Lipinski definition) is 0. The molecule has 0 bridgehead atoms. The van der Waals surface area contributed by atoms with E-state index in [1.54, 1.807) is 20.3 Å². The lowest BCUT2D eigenvalue weighted by atomic mass is 10.1. The minimum Gasteiger partial charge on any atom is -0.497 e. The van der Waals surface area contributed by atoms with Crippen molar-refractivity contribution in [2.24, 2.45) is 0 Å². The fourth-order valence-electron chi connectivity index (χ4n) is 3.82. The Morgan fingerprint density at radius 3 is 2.38 bits per heavy atom. The molecule has 1 aliphatic heterocycles. The van der Waals surface area contributed by atoms with Crippen LogP contribution in [0.2, 0.25) is 0 Å². The average molecular weight is 481 g/mol. The quantitative estimate of drug-likeness (QED) is 0.516. The SMILES string of the molecule is COc1ccc(-c2csc(N3CCC(S(=O)(=O)c4c(F)cccc4F)CC3)n2)c(OC)c1. The summed E-state index contributed by atoms with van der Waals surface area (Å²) < 4.78 is 64.5. The third-order valence-electron chi connectivity index (χ3n) is 5.53. The van der Waals surface area contributed by atoms with Gasteiger partial charge < -0.3 is 14.4 Å². The number of methoxy groups -OCH3 is 2. The van der Waals surface area contributed by atoms with E-state index in [-0.39, 0.29) is 12.8 Å². The van der Waals surface area contributed by atoms with Gasteiger partial charge in [-0.2, -0.15) is 0 Å². The third kappa shape index (κ3) is 4.16. The standard InChI is InChI=1S/C22H22F2N2O4S2/c1-29-14-6-7-16(20(12-14)30-2)19-13-31-22(25-19)26-10-8-15(9-11-26)32(27,28)21-17(23)4-3-5-18(21)24/h3-7,12-13,15H,8-11H2,1-2H3. The molecule has 3 aromatic rings. The van der Waals surface area contributed by atoms with Gasteiger partial charge in [0, 0.05) is 30.1 Å². The molecule has 2 aromatic carbocycles. The summed E-state index contributed by atoms with van der Waals surface area (Å²) in [5, 5.41) is 1.83. The Bertz CT molecular complexity index is 1200. The van der Waals surface area contributed by atoms with E-state index in [1.165, 1.54) is 11.3 Å². The van der Waals surface area contributed by atoms with Gasteiger partial charge in [0.25, 0.3) is 0 Å². The number of hydrogen-bond acceptors (Lipinski definition) is 7. The number of anilines is 1. The molecule has 0 saturated carbocycles. The second-order valence-corrected chi connectivity index (χ2v) is 10.4. The highest BCUT2D eigenvalue weighted by Crippen LogP contribution is 2.37. The molecular formula is C22H22F2N2O4S2. The lowest BCUT2D eigenvalue weighted by Gasteiger charge is -2.31. The van der Waals surface area contributed by atoms with Gasteiger partial charge in [0.2, 0.25) is 0 Å². The minimum atomic E-state index is -4.10. The van der Waals surface area contributed by atoms with Crippen LogP contribution in [0.15, 0.2) is 46.7 Å². The van der Waals surface area contributed by atoms with Crippen LogP contribution >= 0.6 is 11.3 Å². The number of rotatable bonds is 6. The smallest absolute Gasteiger partial charge is 0.187 e. The summed E-state index contributed by atoms with van der Waals surface area (Å²) in [6, 6.07) is 8.58. The molecule has 4 rings (SSSR count). The van der Waals surface area contributed by atoms with Crippen molar-refractivity contribution >= 4 is 26.3 Å². The van der Waals surface area contributed by atoms with E-state index in [9.17, 15) is 17.2 Å². The number of halogens is 2. The van der Waals surface area contributed by atoms with Crippen molar-refractivity contribution in [3.05, 3.63) is 53.4 Å². The Morgan fingerprint density at radius 1 is 1.06 bits per heavy atom. The van der Waals surface area contributed by atoms with Crippen molar-refractivity contribution in [3.63, 3.8) is 0 Å². The second-order valence-electron chi connectivity index (χ2n) is 7.36. The molecule has 0 aliphatic carbocycles. The Hall–Kier alpha value is -2.72. The summed E-state index contributed by atoms with van der Waals surface area (Å²) in [4.78, 5) is 5.86. The van der Waals surface area contributed by atoms with Gasteiger partial charge in [-0.25, -0.2) is 22.2 Å². The van der Waals surface area contributed by atoms with Crippen molar-refractivity contribution in [1.29, 1.82) is 0 Å². The van der Waals surface area contributed by atoms with E-state index in [4.69, 9.17) is 14.5 Å². The van der Waals surface area contributed by atoms with Crippen molar-refractivity contribution in [1.82, 2.24) is 4.98 Å². The molecule has 1 aromatic heterocycles. The summed E-state index contributed by atoms with van der Waals surface area (Å²) in [6.07, 6.45) is 0.522. The van der Waals surface area contributed by atoms with Crippen LogP contribution < -0.4 is 14.4 Å². The molecule has 0 amide bonds. The zero-order valence-electron chi connectivity index (χ0n) is 17.5. The number of benzene rings is 2. The molecular weight excluding hydrogens is 458 g/mol. The fourth-order valence-corrected chi connectivity index (χ4v) is 6.55. The average Bonchev–Trinajstić information content (AvgIpc) is 3.28. The van der Waals surface area contributed by atoms with Crippen molar-refractivity contribution in [2.45, 2.75) is 23.0 Å². The van der Waals surface area contributed by atoms with E-state index >= 15 is 0 Å². The number of nitrogens with zero attached hydrogens (tertiary/aromatic N) is 2. The molecule has 0 N–H and O–H groups in total. The molecule has 1 fully saturated rings. The van der Waals surface area contributed by atoms with E-state index in [0.29, 0.717) is 24.6 Å². The molecule has 1 saturated heterocycles. The molecule has 6 nitrogen and oxygen atoms in total. The Labute approximate surface area is 189 Å². The van der Waals surface area contributed by atoms with Gasteiger partial charge in [-0.15, -0.1) is 11.3 Å². The summed E-state index contributed by atoms with van der Waals surface area (Å²) >= 11 is 1.45. The summed E-state index contributed by atoms with van der Waals surface area (Å²) in [5.74, 6) is -0.788. The zero-order chi connectivity index (χ0) is 22.9. The number of sulfone groups is 1. The Balaban J connectivity index is 1.50. The lowest BCUT2D eigenvalue weighted by molar-refractivity contribution is 0.395. The minimum absolute atomic E-state index is 0.261. The molecule has 0 atom stereocenters. The van der Waals surface area contributed by atoms with Crippen LogP contribution in [-0.2, 0) is 9.84 Å². The molecule has 0 unspecified atom stereocenters. The monoisotopic (exact) mass is 480 g/mol. The Morgan fingerprint density at radius 2 is 1.75 bits per heavy atom. The third-order valence-corrected chi connectivity index (χ3v) is 8.74. The first-order valence-corrected chi connectivity index (χ1v) is 12.4. The van der Waals surface area contributed by atoms with Gasteiger partial charge in [0.1, 0.15) is 28.0 Å². The summed E-state index contributed by atoms with van der Waals surface area (Å²) in [7, 11) is -0.943. The van der Waals surface area contributed by atoms with Gasteiger partial charge >= 0.3 is 0 Å². The topological polar surface area (TPSA) is 68.7 Å². The van der Waals surface area contributed by atoms with Crippen LogP contribution in [-0.4, -0.2) is 46.0 Å². The van der Waals surface area contributed by atoms with Crippen LogP contribution in [0, 0.1) is 11.6 Å². The normalized spacial score (nSPS) is 15.1. The van der Waals surface area contributed by atoms with Crippen LogP contribution in [0.4, 0.5) is 13.9 Å². The number of thiazole rings is 1. The number of piperidine rings is 1. The fraction of sp³-hybridized carbons (Fsp3) is 0.318. The van der Waals surface area contributed by atoms with Crippen molar-refractivity contribution < 1.29 is 26.7 Å². The highest BCUT2D eigenvalue weighted by atomic mass is 32.2. The van der Waals surface area contributed by atoms with Crippen molar-refractivity contribution in [2.75, 3.05) is 32.2 Å². The van der Waals surface area contributed by atoms with E-state index in [0.717, 1.165) is 34.6 Å². The maximum atomic E-state index is 14.1. The molecule has 0 radical (unpaired) electrons. The molecule has 1 aliphatic rings. The maximum absolute atomic E-state index is 14.1. The van der Waals surface area contributed by atoms with Crippen LogP contribution in [0.3, 0.4) is 0 Å². The van der Waals surface area contributed by atoms with Gasteiger partial charge in [-0.3, -0.25) is 0 Å². The molecule has 170 valence electrons. The first kappa shape index (κ1) is 22.5. The predicted molar refractivity (Wildman–Crippen MR) is 119 cm³/mol. The van der Waals surface area contributed by atoms with E-state index in [2.05, 4.69) is 0 Å². The van der Waals surface area contributed by atoms with Crippen LogP contribution in [0.25, 0.3) is 11.3 Å². The molecule has 2 heterocycles. The van der Waals surface area contributed by atoms with E-state index in [1.807, 2.05) is 22.4 Å². The highest BCUT2D eigenvalue weighted by molar-refractivity contribution is 7.92. The first-order chi connectivity index (χ1) is 15.3. The molecule has 32 heavy (non-hydrogen) atoms. The second kappa shape index (κ2) is 9.03. The Kier molecular flexibility index (Phi) is 6.34. The maximum Gasteiger partial charge on any atom is 0.187 e. The molecule has 0 spiro atoms. The summed E-state index contributed by atoms with van der Waals surface area (Å²) in [5.41, 5.74) is 1.57. The molecule has 10 heteroatoms. The number of ether oxygens (including phenoxy) is 2. The summed E-state index contributed by atoms with van der Waals surface area (Å²) in [6.45, 7) is 0.847. The van der Waals surface area contributed by atoms with Gasteiger partial charge in [0.15, 0.2) is 15.0 Å². The van der Waals surface area contributed by atoms with Gasteiger partial charge in [0.05, 0.1) is 25.2 Å². The largest absolute Gasteiger partial charge is 0.497 e. The van der Waals surface area contributed by atoms with E-state index < -0.39 is 31.6 Å². The van der Waals surface area contributed by atoms with Crippen molar-refractivity contribution in [3.8, 4) is 22.8 Å². The van der Waals surface area contributed by atoms with Crippen LogP contribution in [0.5, 0.6) is 11.5 Å². The zero-order valence-corrected chi connectivity index (χ0v) is 19.2. The number of aromatic nitrogens is 1. The lowest BCUT2D eigenvalue weighted by Crippen LogP contribution is -2.39. The first-order valence-electron chi connectivity index (χ1n) is 9.96. The highest BCUT2D eigenvalue weighted by Gasteiger charge is 2.35. The van der Waals surface area contributed by atoms with Gasteiger partial charge in [-0.05, 0) is 37.1 Å². The van der Waals surface area contributed by atoms with Crippen LogP contribution in [0.1, 0.15) is 12.8 Å². The van der Waals surface area contributed by atoms with Gasteiger partial charge in [-0.1, -0.05) is 6.07 Å². The predicted octanol–water partition coefficient (Wildman–Crippen LogP) is 4.55.